The minimum Gasteiger partial charge on any atom is -0.505 e. The van der Waals surface area contributed by atoms with Crippen LogP contribution >= 0.6 is 0 Å². The van der Waals surface area contributed by atoms with Crippen molar-refractivity contribution >= 4 is 21.8 Å². The lowest BCUT2D eigenvalue weighted by atomic mass is 10.0. The number of pyridine rings is 1. The predicted octanol–water partition coefficient (Wildman–Crippen LogP) is 4.68. The van der Waals surface area contributed by atoms with Crippen LogP contribution in [0.25, 0.3) is 21.8 Å². The highest BCUT2D eigenvalue weighted by atomic mass is 19.1. The highest BCUT2D eigenvalue weighted by Crippen LogP contribution is 2.33. The number of halogens is 1. The van der Waals surface area contributed by atoms with E-state index in [2.05, 4.69) is 20.5 Å². The summed E-state index contributed by atoms with van der Waals surface area (Å²) in [7, 11) is 0. The number of nitrogens with zero attached hydrogens (tertiary/aromatic N) is 3. The molecule has 5 heteroatoms. The van der Waals surface area contributed by atoms with Gasteiger partial charge in [-0.2, -0.15) is 0 Å². The number of rotatable bonds is 4. The Kier molecular flexibility index (Phi) is 4.24. The van der Waals surface area contributed by atoms with Crippen LogP contribution in [0, 0.1) is 5.82 Å². The van der Waals surface area contributed by atoms with Crippen LogP contribution in [0.1, 0.15) is 24.0 Å². The van der Waals surface area contributed by atoms with Crippen molar-refractivity contribution < 1.29 is 9.50 Å². The van der Waals surface area contributed by atoms with E-state index >= 15 is 0 Å². The molecule has 0 bridgehead atoms. The highest BCUT2D eigenvalue weighted by molar-refractivity contribution is 5.89. The van der Waals surface area contributed by atoms with Crippen molar-refractivity contribution in [2.24, 2.45) is 0 Å². The summed E-state index contributed by atoms with van der Waals surface area (Å²) in [4.78, 5) is 6.81. The molecule has 2 aromatic heterocycles. The number of fused-ring (bicyclic) bond motifs is 2. The number of aromatic nitrogens is 2. The van der Waals surface area contributed by atoms with Gasteiger partial charge in [-0.3, -0.25) is 9.88 Å². The largest absolute Gasteiger partial charge is 0.505 e. The third kappa shape index (κ3) is 2.92. The molecule has 0 saturated carbocycles. The molecular formula is C23H22FN3O. The van der Waals surface area contributed by atoms with E-state index in [-0.39, 0.29) is 11.6 Å². The van der Waals surface area contributed by atoms with Crippen molar-refractivity contribution in [1.82, 2.24) is 14.5 Å². The summed E-state index contributed by atoms with van der Waals surface area (Å²) in [5, 5.41) is 12.4. The molecule has 1 aliphatic heterocycles. The van der Waals surface area contributed by atoms with E-state index in [0.29, 0.717) is 17.4 Å². The minimum atomic E-state index is -0.205. The fraction of sp³-hybridized carbons (Fsp3) is 0.261. The topological polar surface area (TPSA) is 41.3 Å². The van der Waals surface area contributed by atoms with Gasteiger partial charge in [-0.1, -0.05) is 12.1 Å². The van der Waals surface area contributed by atoms with Crippen LogP contribution in [0.4, 0.5) is 4.39 Å². The lowest BCUT2D eigenvalue weighted by molar-refractivity contribution is 0.324. The number of phenols is 1. The van der Waals surface area contributed by atoms with Crippen LogP contribution in [-0.4, -0.2) is 32.6 Å². The van der Waals surface area contributed by atoms with E-state index in [1.54, 1.807) is 12.3 Å². The molecule has 0 aliphatic carbocycles. The maximum Gasteiger partial charge on any atom is 0.146 e. The first-order valence-electron chi connectivity index (χ1n) is 9.75. The average Bonchev–Trinajstić information content (AvgIpc) is 3.36. The molecule has 1 saturated heterocycles. The van der Waals surface area contributed by atoms with Gasteiger partial charge in [0.2, 0.25) is 0 Å². The van der Waals surface area contributed by atoms with Gasteiger partial charge in [-0.05, 0) is 61.8 Å². The third-order valence-electron chi connectivity index (χ3n) is 5.72. The van der Waals surface area contributed by atoms with Gasteiger partial charge in [0.25, 0.3) is 0 Å². The second-order valence-corrected chi connectivity index (χ2v) is 7.54. The summed E-state index contributed by atoms with van der Waals surface area (Å²) in [5.74, 6) is 0.0675. The van der Waals surface area contributed by atoms with Crippen molar-refractivity contribution in [3.05, 3.63) is 71.8 Å². The Bertz CT molecular complexity index is 1160. The Labute approximate surface area is 162 Å². The number of phenolic OH excluding ortho intramolecular Hbond substituents is 1. The summed E-state index contributed by atoms with van der Waals surface area (Å²) in [5.41, 5.74) is 3.49. The van der Waals surface area contributed by atoms with E-state index in [0.717, 1.165) is 41.7 Å². The maximum absolute atomic E-state index is 14.1. The normalized spacial score (nSPS) is 15.0. The van der Waals surface area contributed by atoms with Crippen LogP contribution in [0.2, 0.25) is 0 Å². The minimum absolute atomic E-state index is 0.205. The zero-order valence-corrected chi connectivity index (χ0v) is 15.6. The summed E-state index contributed by atoms with van der Waals surface area (Å²) in [6, 6.07) is 12.9. The Hall–Kier alpha value is -2.92. The monoisotopic (exact) mass is 375 g/mol. The van der Waals surface area contributed by atoms with Crippen LogP contribution in [0.3, 0.4) is 0 Å². The summed E-state index contributed by atoms with van der Waals surface area (Å²) >= 11 is 0. The molecule has 0 atom stereocenters. The first-order valence-corrected chi connectivity index (χ1v) is 9.75. The Balaban J connectivity index is 1.61. The van der Waals surface area contributed by atoms with Crippen molar-refractivity contribution in [3.8, 4) is 5.75 Å². The molecule has 2 aromatic carbocycles. The van der Waals surface area contributed by atoms with Gasteiger partial charge in [0, 0.05) is 41.8 Å². The van der Waals surface area contributed by atoms with E-state index < -0.39 is 0 Å². The number of hydrogen-bond donors (Lipinski definition) is 1. The molecule has 4 nitrogen and oxygen atoms in total. The van der Waals surface area contributed by atoms with Crippen LogP contribution in [0.5, 0.6) is 5.75 Å². The number of likely N-dealkylation sites (tertiary alicyclic amines) is 1. The first kappa shape index (κ1) is 17.2. The Morgan fingerprint density at radius 3 is 2.68 bits per heavy atom. The molecule has 1 fully saturated rings. The molecule has 0 radical (unpaired) electrons. The zero-order valence-electron chi connectivity index (χ0n) is 15.6. The van der Waals surface area contributed by atoms with Gasteiger partial charge in [-0.25, -0.2) is 4.39 Å². The molecule has 142 valence electrons. The van der Waals surface area contributed by atoms with Gasteiger partial charge >= 0.3 is 0 Å². The fourth-order valence-electron chi connectivity index (χ4n) is 4.30. The average molecular weight is 375 g/mol. The second kappa shape index (κ2) is 6.91. The number of hydrogen-bond acceptors (Lipinski definition) is 3. The van der Waals surface area contributed by atoms with E-state index in [1.807, 2.05) is 30.5 Å². The Morgan fingerprint density at radius 2 is 1.82 bits per heavy atom. The van der Waals surface area contributed by atoms with Gasteiger partial charge in [-0.15, -0.1) is 0 Å². The van der Waals surface area contributed by atoms with Crippen LogP contribution in [0.15, 0.2) is 54.9 Å². The molecule has 3 heterocycles. The Morgan fingerprint density at radius 1 is 0.964 bits per heavy atom. The lowest BCUT2D eigenvalue weighted by Crippen LogP contribution is -2.18. The quantitative estimate of drug-likeness (QED) is 0.563. The smallest absolute Gasteiger partial charge is 0.146 e. The lowest BCUT2D eigenvalue weighted by Gasteiger charge is -2.18. The standard InChI is InChI=1S/C23H22FN3O/c24-20-6-3-7-21-19(20)8-12-27(21)15-16-13-17(14-26-10-1-2-11-26)23(28)22-18(16)5-4-9-25-22/h3-9,12-13,28H,1-2,10-11,14-15H2. The molecule has 0 spiro atoms. The molecule has 4 aromatic rings. The van der Waals surface area contributed by atoms with Gasteiger partial charge in [0.1, 0.15) is 17.1 Å². The highest BCUT2D eigenvalue weighted by Gasteiger charge is 2.18. The fourth-order valence-corrected chi connectivity index (χ4v) is 4.30. The van der Waals surface area contributed by atoms with Crippen molar-refractivity contribution in [1.29, 1.82) is 0 Å². The molecular weight excluding hydrogens is 353 g/mol. The van der Waals surface area contributed by atoms with Crippen LogP contribution in [-0.2, 0) is 13.1 Å². The van der Waals surface area contributed by atoms with E-state index in [1.165, 1.54) is 18.9 Å². The van der Waals surface area contributed by atoms with Crippen LogP contribution < -0.4 is 0 Å². The van der Waals surface area contributed by atoms with E-state index in [9.17, 15) is 9.50 Å². The first-order chi connectivity index (χ1) is 13.7. The molecule has 1 aliphatic rings. The molecule has 0 unspecified atom stereocenters. The van der Waals surface area contributed by atoms with Gasteiger partial charge < -0.3 is 9.67 Å². The second-order valence-electron chi connectivity index (χ2n) is 7.54. The molecule has 0 amide bonds. The summed E-state index contributed by atoms with van der Waals surface area (Å²) in [6.45, 7) is 3.46. The molecule has 28 heavy (non-hydrogen) atoms. The summed E-state index contributed by atoms with van der Waals surface area (Å²) < 4.78 is 16.1. The SMILES string of the molecule is Oc1c(CN2CCCC2)cc(Cn2ccc3c(F)cccc32)c2cccnc12. The number of aromatic hydroxyl groups is 1. The van der Waals surface area contributed by atoms with Gasteiger partial charge in [0.05, 0.1) is 5.52 Å². The van der Waals surface area contributed by atoms with E-state index in [4.69, 9.17) is 0 Å². The maximum atomic E-state index is 14.1. The van der Waals surface area contributed by atoms with Gasteiger partial charge in [0.15, 0.2) is 0 Å². The van der Waals surface area contributed by atoms with Crippen molar-refractivity contribution in [2.45, 2.75) is 25.9 Å². The third-order valence-corrected chi connectivity index (χ3v) is 5.72. The van der Waals surface area contributed by atoms with Crippen molar-refractivity contribution in [3.63, 3.8) is 0 Å². The predicted molar refractivity (Wildman–Crippen MR) is 109 cm³/mol. The molecule has 5 rings (SSSR count). The van der Waals surface area contributed by atoms with Crippen molar-refractivity contribution in [2.75, 3.05) is 13.1 Å². The molecule has 1 N–H and O–H groups in total. The zero-order chi connectivity index (χ0) is 19.1. The number of benzene rings is 2. The summed E-state index contributed by atoms with van der Waals surface area (Å²) in [6.07, 6.45) is 6.05.